The van der Waals surface area contributed by atoms with Gasteiger partial charge < -0.3 is 10.4 Å². The minimum atomic E-state index is -0.634. The second kappa shape index (κ2) is 5.79. The van der Waals surface area contributed by atoms with Crippen molar-refractivity contribution < 1.29 is 9.90 Å². The van der Waals surface area contributed by atoms with E-state index in [1.807, 2.05) is 16.9 Å². The number of aromatic nitrogens is 2. The third kappa shape index (κ3) is 2.71. The lowest BCUT2D eigenvalue weighted by molar-refractivity contribution is -0.144. The molecule has 1 aromatic heterocycles. The van der Waals surface area contributed by atoms with Gasteiger partial charge in [0.15, 0.2) is 0 Å². The van der Waals surface area contributed by atoms with Crippen molar-refractivity contribution in [3.63, 3.8) is 0 Å². The third-order valence-electron chi connectivity index (χ3n) is 5.43. The molecule has 2 aliphatic rings. The average molecular weight is 291 g/mol. The Hall–Kier alpha value is -1.36. The van der Waals surface area contributed by atoms with Crippen LogP contribution in [0.4, 0.5) is 0 Å². The molecule has 2 saturated carbocycles. The van der Waals surface area contributed by atoms with E-state index in [4.69, 9.17) is 0 Å². The van der Waals surface area contributed by atoms with Gasteiger partial charge >= 0.3 is 5.97 Å². The maximum absolute atomic E-state index is 11.5. The van der Waals surface area contributed by atoms with Crippen LogP contribution in [0.5, 0.6) is 0 Å². The predicted octanol–water partition coefficient (Wildman–Crippen LogP) is 2.44. The van der Waals surface area contributed by atoms with E-state index in [1.54, 1.807) is 0 Å². The van der Waals surface area contributed by atoms with Gasteiger partial charge in [0.25, 0.3) is 0 Å². The molecular formula is C16H25N3O2. The van der Waals surface area contributed by atoms with Gasteiger partial charge in [-0.25, -0.2) is 0 Å². The Labute approximate surface area is 125 Å². The maximum atomic E-state index is 11.5. The topological polar surface area (TPSA) is 67.2 Å². The number of hydrogen-bond donors (Lipinski definition) is 2. The van der Waals surface area contributed by atoms with E-state index in [0.29, 0.717) is 24.4 Å². The molecule has 0 aliphatic heterocycles. The highest BCUT2D eigenvalue weighted by Crippen LogP contribution is 2.48. The lowest BCUT2D eigenvalue weighted by Crippen LogP contribution is -2.43. The number of nitrogens with zero attached hydrogens (tertiary/aromatic N) is 2. The van der Waals surface area contributed by atoms with Crippen molar-refractivity contribution in [2.45, 2.75) is 58.2 Å². The summed E-state index contributed by atoms with van der Waals surface area (Å²) in [7, 11) is 0. The fraction of sp³-hybridized carbons (Fsp3) is 0.750. The van der Waals surface area contributed by atoms with Crippen molar-refractivity contribution in [2.24, 2.45) is 17.8 Å². The summed E-state index contributed by atoms with van der Waals surface area (Å²) in [5, 5.41) is 17.5. The first-order chi connectivity index (χ1) is 10.1. The zero-order valence-corrected chi connectivity index (χ0v) is 12.8. The van der Waals surface area contributed by atoms with Crippen molar-refractivity contribution in [2.75, 3.05) is 0 Å². The highest BCUT2D eigenvalue weighted by atomic mass is 16.4. The zero-order valence-electron chi connectivity index (χ0n) is 12.8. The normalized spacial score (nSPS) is 32.5. The lowest BCUT2D eigenvalue weighted by atomic mass is 9.84. The van der Waals surface area contributed by atoms with E-state index >= 15 is 0 Å². The van der Waals surface area contributed by atoms with E-state index in [1.165, 1.54) is 6.42 Å². The van der Waals surface area contributed by atoms with E-state index in [2.05, 4.69) is 24.3 Å². The zero-order chi connectivity index (χ0) is 15.0. The molecule has 5 heteroatoms. The molecule has 0 aromatic carbocycles. The van der Waals surface area contributed by atoms with E-state index < -0.39 is 5.97 Å². The molecule has 2 bridgehead atoms. The molecular weight excluding hydrogens is 266 g/mol. The molecule has 5 atom stereocenters. The van der Waals surface area contributed by atoms with Gasteiger partial charge in [-0.15, -0.1) is 0 Å². The number of carboxylic acid groups (broad SMARTS) is 1. The number of rotatable bonds is 6. The van der Waals surface area contributed by atoms with Crippen molar-refractivity contribution in [1.29, 1.82) is 0 Å². The van der Waals surface area contributed by atoms with E-state index in [0.717, 1.165) is 25.0 Å². The standard InChI is InChI=1S/C16H25N3O2/c1-3-10(2)19-7-6-13(18-19)9-17-15-12-5-4-11(8-12)14(15)16(20)21/h6-7,10-12,14-15,17H,3-5,8-9H2,1-2H3,(H,20,21). The summed E-state index contributed by atoms with van der Waals surface area (Å²) in [6.45, 7) is 4.97. The number of fused-ring (bicyclic) bond motifs is 2. The van der Waals surface area contributed by atoms with Crippen LogP contribution in [0.2, 0.25) is 0 Å². The number of hydrogen-bond acceptors (Lipinski definition) is 3. The molecule has 5 nitrogen and oxygen atoms in total. The molecule has 1 heterocycles. The molecule has 2 fully saturated rings. The smallest absolute Gasteiger partial charge is 0.308 e. The summed E-state index contributed by atoms with van der Waals surface area (Å²) in [5.74, 6) is 0.0701. The summed E-state index contributed by atoms with van der Waals surface area (Å²) in [6.07, 6.45) is 6.41. The fourth-order valence-corrected chi connectivity index (χ4v) is 4.07. The Morgan fingerprint density at radius 3 is 3.00 bits per heavy atom. The van der Waals surface area contributed by atoms with Crippen LogP contribution >= 0.6 is 0 Å². The first-order valence-corrected chi connectivity index (χ1v) is 8.10. The summed E-state index contributed by atoms with van der Waals surface area (Å²) < 4.78 is 1.99. The maximum Gasteiger partial charge on any atom is 0.308 e. The molecule has 21 heavy (non-hydrogen) atoms. The number of carboxylic acids is 1. The van der Waals surface area contributed by atoms with Crippen LogP contribution in [0.1, 0.15) is 51.3 Å². The monoisotopic (exact) mass is 291 g/mol. The summed E-state index contributed by atoms with van der Waals surface area (Å²) in [4.78, 5) is 11.5. The minimum Gasteiger partial charge on any atom is -0.481 e. The van der Waals surface area contributed by atoms with Crippen LogP contribution in [0, 0.1) is 17.8 Å². The summed E-state index contributed by atoms with van der Waals surface area (Å²) in [6, 6.07) is 2.56. The third-order valence-corrected chi connectivity index (χ3v) is 5.43. The first-order valence-electron chi connectivity index (χ1n) is 8.10. The van der Waals surface area contributed by atoms with Crippen LogP contribution in [-0.4, -0.2) is 26.9 Å². The highest BCUT2D eigenvalue weighted by molar-refractivity contribution is 5.72. The Morgan fingerprint density at radius 2 is 2.29 bits per heavy atom. The molecule has 1 aromatic rings. The van der Waals surface area contributed by atoms with Crippen molar-refractivity contribution >= 4 is 5.97 Å². The van der Waals surface area contributed by atoms with Gasteiger partial charge in [-0.1, -0.05) is 6.92 Å². The van der Waals surface area contributed by atoms with Gasteiger partial charge in [-0.3, -0.25) is 9.48 Å². The fourth-order valence-electron chi connectivity index (χ4n) is 4.07. The molecule has 0 saturated heterocycles. The molecule has 0 radical (unpaired) electrons. The van der Waals surface area contributed by atoms with Gasteiger partial charge in [-0.05, 0) is 50.5 Å². The van der Waals surface area contributed by atoms with Crippen LogP contribution in [0.25, 0.3) is 0 Å². The average Bonchev–Trinajstić information content (AvgIpc) is 3.18. The molecule has 2 N–H and O–H groups in total. The number of aliphatic carboxylic acids is 1. The second-order valence-corrected chi connectivity index (χ2v) is 6.65. The molecule has 116 valence electrons. The summed E-state index contributed by atoms with van der Waals surface area (Å²) in [5.41, 5.74) is 1.00. The Balaban J connectivity index is 1.62. The van der Waals surface area contributed by atoms with Crippen molar-refractivity contribution in [3.05, 3.63) is 18.0 Å². The highest BCUT2D eigenvalue weighted by Gasteiger charge is 2.50. The quantitative estimate of drug-likeness (QED) is 0.845. The number of carbonyl (C=O) groups is 1. The van der Waals surface area contributed by atoms with Gasteiger partial charge in [0.2, 0.25) is 0 Å². The predicted molar refractivity (Wildman–Crippen MR) is 79.8 cm³/mol. The molecule has 2 aliphatic carbocycles. The van der Waals surface area contributed by atoms with Crippen molar-refractivity contribution in [3.8, 4) is 0 Å². The molecule has 5 unspecified atom stereocenters. The first kappa shape index (κ1) is 14.6. The number of nitrogens with one attached hydrogen (secondary N) is 1. The van der Waals surface area contributed by atoms with Crippen LogP contribution < -0.4 is 5.32 Å². The lowest BCUT2D eigenvalue weighted by Gasteiger charge is -2.28. The Morgan fingerprint density at radius 1 is 1.52 bits per heavy atom. The van der Waals surface area contributed by atoms with Crippen molar-refractivity contribution in [1.82, 2.24) is 15.1 Å². The molecule has 0 amide bonds. The van der Waals surface area contributed by atoms with E-state index in [-0.39, 0.29) is 12.0 Å². The van der Waals surface area contributed by atoms with E-state index in [9.17, 15) is 9.90 Å². The van der Waals surface area contributed by atoms with Crippen LogP contribution in [-0.2, 0) is 11.3 Å². The minimum absolute atomic E-state index is 0.120. The van der Waals surface area contributed by atoms with Crippen LogP contribution in [0.15, 0.2) is 12.3 Å². The Bertz CT molecular complexity index is 513. The van der Waals surface area contributed by atoms with Gasteiger partial charge in [0.05, 0.1) is 11.6 Å². The second-order valence-electron chi connectivity index (χ2n) is 6.65. The van der Waals surface area contributed by atoms with Gasteiger partial charge in [-0.2, -0.15) is 5.10 Å². The molecule has 0 spiro atoms. The van der Waals surface area contributed by atoms with Gasteiger partial charge in [0.1, 0.15) is 0 Å². The largest absolute Gasteiger partial charge is 0.481 e. The molecule has 3 rings (SSSR count). The van der Waals surface area contributed by atoms with Gasteiger partial charge in [0, 0.05) is 24.8 Å². The summed E-state index contributed by atoms with van der Waals surface area (Å²) >= 11 is 0. The Kier molecular flexibility index (Phi) is 4.02. The SMILES string of the molecule is CCC(C)n1ccc(CNC2C3CCC(C3)C2C(=O)O)n1. The van der Waals surface area contributed by atoms with Crippen LogP contribution in [0.3, 0.4) is 0 Å².